The van der Waals surface area contributed by atoms with Gasteiger partial charge in [0.2, 0.25) is 0 Å². The van der Waals surface area contributed by atoms with Crippen LogP contribution in [0.25, 0.3) is 0 Å². The molecule has 0 saturated carbocycles. The number of hydrogen-bond donors (Lipinski definition) is 1. The lowest BCUT2D eigenvalue weighted by Gasteiger charge is -2.31. The molecule has 0 atom stereocenters. The van der Waals surface area contributed by atoms with Crippen LogP contribution >= 0.6 is 11.6 Å². The first-order valence-electron chi connectivity index (χ1n) is 7.26. The van der Waals surface area contributed by atoms with Gasteiger partial charge in [-0.3, -0.25) is 9.69 Å². The van der Waals surface area contributed by atoms with Crippen molar-refractivity contribution in [2.24, 2.45) is 5.92 Å². The molecule has 0 unspecified atom stereocenters. The monoisotopic (exact) mass is 295 g/mol. The number of nitrogens with zero attached hydrogens (tertiary/aromatic N) is 1. The molecule has 0 aromatic heterocycles. The third-order valence-corrected chi connectivity index (χ3v) is 4.43. The first kappa shape index (κ1) is 15.3. The highest BCUT2D eigenvalue weighted by Gasteiger charge is 2.20. The summed E-state index contributed by atoms with van der Waals surface area (Å²) in [6, 6.07) is 3.29. The van der Waals surface area contributed by atoms with Gasteiger partial charge < -0.3 is 5.11 Å². The molecule has 20 heavy (non-hydrogen) atoms. The van der Waals surface area contributed by atoms with Crippen LogP contribution in [0.15, 0.2) is 12.1 Å². The van der Waals surface area contributed by atoms with Crippen LogP contribution in [0.5, 0.6) is 5.75 Å². The molecule has 110 valence electrons. The minimum Gasteiger partial charge on any atom is -0.507 e. The molecule has 4 heteroatoms. The summed E-state index contributed by atoms with van der Waals surface area (Å²) in [5.74, 6) is 0.752. The molecule has 0 radical (unpaired) electrons. The number of piperidine rings is 1. The average molecular weight is 296 g/mol. The predicted octanol–water partition coefficient (Wildman–Crippen LogP) is 3.87. The van der Waals surface area contributed by atoms with Crippen LogP contribution in [0.3, 0.4) is 0 Å². The highest BCUT2D eigenvalue weighted by atomic mass is 35.5. The average Bonchev–Trinajstić information content (AvgIpc) is 2.43. The van der Waals surface area contributed by atoms with Crippen molar-refractivity contribution in [1.29, 1.82) is 0 Å². The Morgan fingerprint density at radius 2 is 2.05 bits per heavy atom. The fourth-order valence-corrected chi connectivity index (χ4v) is 3.08. The maximum atomic E-state index is 11.5. The Bertz CT molecular complexity index is 493. The van der Waals surface area contributed by atoms with Crippen molar-refractivity contribution < 1.29 is 9.90 Å². The van der Waals surface area contributed by atoms with Crippen LogP contribution in [0, 0.1) is 5.92 Å². The largest absolute Gasteiger partial charge is 0.507 e. The second kappa shape index (κ2) is 6.59. The molecular weight excluding hydrogens is 274 g/mol. The van der Waals surface area contributed by atoms with Crippen molar-refractivity contribution in [1.82, 2.24) is 4.90 Å². The Kier molecular flexibility index (Phi) is 5.06. The Morgan fingerprint density at radius 3 is 2.60 bits per heavy atom. The molecule has 1 saturated heterocycles. The second-order valence-corrected chi connectivity index (χ2v) is 6.08. The summed E-state index contributed by atoms with van der Waals surface area (Å²) >= 11 is 6.05. The molecule has 2 rings (SSSR count). The molecule has 3 nitrogen and oxygen atoms in total. The second-order valence-electron chi connectivity index (χ2n) is 5.65. The number of carbonyl (C=O) groups is 1. The van der Waals surface area contributed by atoms with Crippen LogP contribution in [0.4, 0.5) is 0 Å². The van der Waals surface area contributed by atoms with E-state index in [2.05, 4.69) is 11.8 Å². The summed E-state index contributed by atoms with van der Waals surface area (Å²) in [4.78, 5) is 13.8. The highest BCUT2D eigenvalue weighted by molar-refractivity contribution is 6.31. The van der Waals surface area contributed by atoms with Crippen molar-refractivity contribution in [2.75, 3.05) is 13.1 Å². The van der Waals surface area contributed by atoms with Crippen molar-refractivity contribution in [2.45, 2.75) is 39.7 Å². The molecule has 0 amide bonds. The van der Waals surface area contributed by atoms with Gasteiger partial charge >= 0.3 is 0 Å². The van der Waals surface area contributed by atoms with Gasteiger partial charge in [0, 0.05) is 17.1 Å². The van der Waals surface area contributed by atoms with E-state index >= 15 is 0 Å². The number of aromatic hydroxyl groups is 1. The van der Waals surface area contributed by atoms with E-state index in [1.54, 1.807) is 6.07 Å². The van der Waals surface area contributed by atoms with Crippen LogP contribution in [-0.2, 0) is 6.54 Å². The molecule has 0 bridgehead atoms. The zero-order chi connectivity index (χ0) is 14.7. The number of phenols is 1. The molecule has 1 aliphatic rings. The van der Waals surface area contributed by atoms with E-state index in [9.17, 15) is 9.90 Å². The first-order chi connectivity index (χ1) is 9.51. The van der Waals surface area contributed by atoms with Crippen LogP contribution in [0.1, 0.15) is 49.0 Å². The number of rotatable bonds is 4. The van der Waals surface area contributed by atoms with E-state index in [1.165, 1.54) is 32.3 Å². The fourth-order valence-electron chi connectivity index (χ4n) is 2.84. The zero-order valence-electron chi connectivity index (χ0n) is 12.2. The van der Waals surface area contributed by atoms with Crippen LogP contribution < -0.4 is 0 Å². The standard InChI is InChI=1S/C16H22ClNO2/c1-3-12-4-6-18(7-5-12)10-13-8-14(17)9-15(11(2)19)16(13)20/h8-9,12,20H,3-7,10H2,1-2H3. The maximum Gasteiger partial charge on any atom is 0.163 e. The summed E-state index contributed by atoms with van der Waals surface area (Å²) in [7, 11) is 0. The van der Waals surface area contributed by atoms with E-state index in [0.717, 1.165) is 24.6 Å². The maximum absolute atomic E-state index is 11.5. The SMILES string of the molecule is CCC1CCN(Cc2cc(Cl)cc(C(C)=O)c2O)CC1. The number of hydrogen-bond acceptors (Lipinski definition) is 3. The Morgan fingerprint density at radius 1 is 1.40 bits per heavy atom. The van der Waals surface area contributed by atoms with Crippen LogP contribution in [0.2, 0.25) is 5.02 Å². The van der Waals surface area contributed by atoms with Gasteiger partial charge in [-0.15, -0.1) is 0 Å². The number of halogens is 1. The van der Waals surface area contributed by atoms with E-state index in [1.807, 2.05) is 0 Å². The number of likely N-dealkylation sites (tertiary alicyclic amines) is 1. The van der Waals surface area contributed by atoms with E-state index in [0.29, 0.717) is 17.1 Å². The lowest BCUT2D eigenvalue weighted by Crippen LogP contribution is -2.33. The lowest BCUT2D eigenvalue weighted by atomic mass is 9.94. The Balaban J connectivity index is 2.12. The molecule has 0 spiro atoms. The number of carbonyl (C=O) groups excluding carboxylic acids is 1. The summed E-state index contributed by atoms with van der Waals surface area (Å²) in [6.07, 6.45) is 3.65. The quantitative estimate of drug-likeness (QED) is 0.857. The minimum atomic E-state index is -0.157. The molecule has 1 aromatic rings. The molecule has 1 aromatic carbocycles. The highest BCUT2D eigenvalue weighted by Crippen LogP contribution is 2.30. The van der Waals surface area contributed by atoms with Crippen molar-refractivity contribution in [3.05, 3.63) is 28.3 Å². The number of benzene rings is 1. The summed E-state index contributed by atoms with van der Waals surface area (Å²) in [5.41, 5.74) is 1.06. The molecular formula is C16H22ClNO2. The summed E-state index contributed by atoms with van der Waals surface area (Å²) < 4.78 is 0. The minimum absolute atomic E-state index is 0.0829. The van der Waals surface area contributed by atoms with Gasteiger partial charge in [0.1, 0.15) is 5.75 Å². The molecule has 0 aliphatic carbocycles. The van der Waals surface area contributed by atoms with Gasteiger partial charge in [0.05, 0.1) is 5.56 Å². The number of phenolic OH excluding ortho intramolecular Hbond substituents is 1. The molecule has 1 fully saturated rings. The summed E-state index contributed by atoms with van der Waals surface area (Å²) in [5, 5.41) is 10.7. The normalized spacial score (nSPS) is 17.4. The molecule has 1 N–H and O–H groups in total. The van der Waals surface area contributed by atoms with Crippen LogP contribution in [-0.4, -0.2) is 28.9 Å². The zero-order valence-corrected chi connectivity index (χ0v) is 12.9. The van der Waals surface area contributed by atoms with Gasteiger partial charge in [-0.25, -0.2) is 0 Å². The molecule has 1 heterocycles. The topological polar surface area (TPSA) is 40.5 Å². The lowest BCUT2D eigenvalue weighted by molar-refractivity contribution is 0.101. The fraction of sp³-hybridized carbons (Fsp3) is 0.562. The Hall–Kier alpha value is -1.06. The summed E-state index contributed by atoms with van der Waals surface area (Å²) in [6.45, 7) is 6.42. The molecule has 1 aliphatic heterocycles. The predicted molar refractivity (Wildman–Crippen MR) is 81.4 cm³/mol. The van der Waals surface area contributed by atoms with E-state index < -0.39 is 0 Å². The first-order valence-corrected chi connectivity index (χ1v) is 7.63. The van der Waals surface area contributed by atoms with Gasteiger partial charge in [-0.1, -0.05) is 24.9 Å². The Labute approximate surface area is 125 Å². The smallest absolute Gasteiger partial charge is 0.163 e. The third kappa shape index (κ3) is 3.53. The van der Waals surface area contributed by atoms with E-state index in [-0.39, 0.29) is 11.5 Å². The number of Topliss-reactive ketones (excluding diaryl/α,β-unsaturated/α-hetero) is 1. The van der Waals surface area contributed by atoms with Crippen molar-refractivity contribution >= 4 is 17.4 Å². The number of ketones is 1. The van der Waals surface area contributed by atoms with E-state index in [4.69, 9.17) is 11.6 Å². The van der Waals surface area contributed by atoms with Gasteiger partial charge in [0.25, 0.3) is 0 Å². The third-order valence-electron chi connectivity index (χ3n) is 4.21. The van der Waals surface area contributed by atoms with Crippen molar-refractivity contribution in [3.63, 3.8) is 0 Å². The van der Waals surface area contributed by atoms with Gasteiger partial charge in [0.15, 0.2) is 5.78 Å². The van der Waals surface area contributed by atoms with Gasteiger partial charge in [-0.2, -0.15) is 0 Å². The van der Waals surface area contributed by atoms with Crippen molar-refractivity contribution in [3.8, 4) is 5.75 Å². The van der Waals surface area contributed by atoms with Gasteiger partial charge in [-0.05, 0) is 50.9 Å².